The Hall–Kier alpha value is -2.03. The van der Waals surface area contributed by atoms with Crippen LogP contribution in [0.5, 0.6) is 11.5 Å². The van der Waals surface area contributed by atoms with Crippen LogP contribution in [0.4, 0.5) is 9.18 Å². The van der Waals surface area contributed by atoms with E-state index in [1.807, 2.05) is 0 Å². The summed E-state index contributed by atoms with van der Waals surface area (Å²) >= 11 is 9.93. The molecular formula is C18H12BrClFNO4S. The van der Waals surface area contributed by atoms with Crippen LogP contribution in [0.25, 0.3) is 6.08 Å². The Morgan fingerprint density at radius 3 is 2.78 bits per heavy atom. The van der Waals surface area contributed by atoms with Crippen LogP contribution in [0.1, 0.15) is 11.1 Å². The third-order valence-electron chi connectivity index (χ3n) is 3.82. The maximum Gasteiger partial charge on any atom is 0.293 e. The van der Waals surface area contributed by atoms with Gasteiger partial charge >= 0.3 is 0 Å². The molecule has 0 bridgehead atoms. The molecule has 0 unspecified atom stereocenters. The number of nitrogens with zero attached hydrogens (tertiary/aromatic N) is 1. The summed E-state index contributed by atoms with van der Waals surface area (Å²) in [5.41, 5.74) is 0.628. The van der Waals surface area contributed by atoms with E-state index in [1.165, 1.54) is 37.5 Å². The van der Waals surface area contributed by atoms with Gasteiger partial charge in [-0.3, -0.25) is 14.5 Å². The second-order valence-electron chi connectivity index (χ2n) is 5.52. The van der Waals surface area contributed by atoms with Gasteiger partial charge in [-0.1, -0.05) is 17.7 Å². The number of phenolic OH excluding ortho intramolecular Hbond substituents is 1. The van der Waals surface area contributed by atoms with E-state index in [1.54, 1.807) is 6.07 Å². The van der Waals surface area contributed by atoms with Crippen LogP contribution in [-0.4, -0.2) is 28.3 Å². The summed E-state index contributed by atoms with van der Waals surface area (Å²) in [5, 5.41) is 9.49. The van der Waals surface area contributed by atoms with Gasteiger partial charge in [0, 0.05) is 10.6 Å². The van der Waals surface area contributed by atoms with Crippen molar-refractivity contribution in [3.05, 3.63) is 61.7 Å². The highest BCUT2D eigenvalue weighted by Gasteiger charge is 2.36. The Morgan fingerprint density at radius 2 is 2.11 bits per heavy atom. The van der Waals surface area contributed by atoms with Crippen molar-refractivity contribution < 1.29 is 23.8 Å². The first-order valence-electron chi connectivity index (χ1n) is 7.56. The molecule has 2 aromatic carbocycles. The molecule has 3 rings (SSSR count). The molecule has 27 heavy (non-hydrogen) atoms. The molecule has 1 aliphatic rings. The summed E-state index contributed by atoms with van der Waals surface area (Å²) in [6.07, 6.45) is 1.50. The zero-order chi connectivity index (χ0) is 19.7. The van der Waals surface area contributed by atoms with Crippen molar-refractivity contribution in [3.8, 4) is 11.5 Å². The lowest BCUT2D eigenvalue weighted by atomic mass is 10.1. The largest absolute Gasteiger partial charge is 0.503 e. The van der Waals surface area contributed by atoms with Crippen molar-refractivity contribution in [3.63, 3.8) is 0 Å². The molecule has 1 fully saturated rings. The molecule has 1 aliphatic heterocycles. The number of carbonyl (C=O) groups is 2. The highest BCUT2D eigenvalue weighted by Crippen LogP contribution is 2.38. The Kier molecular flexibility index (Phi) is 5.78. The zero-order valence-electron chi connectivity index (χ0n) is 13.8. The number of carbonyl (C=O) groups excluding carboxylic acids is 2. The SMILES string of the molecule is COc1cc(/C=C2\SC(=O)N(Cc3c(F)cccc3Cl)C2=O)cc(Br)c1O. The Labute approximate surface area is 171 Å². The molecule has 140 valence electrons. The molecule has 1 N–H and O–H groups in total. The van der Waals surface area contributed by atoms with E-state index in [4.69, 9.17) is 16.3 Å². The number of rotatable bonds is 4. The fraction of sp³-hybridized carbons (Fsp3) is 0.111. The van der Waals surface area contributed by atoms with Crippen molar-refractivity contribution in [1.29, 1.82) is 0 Å². The van der Waals surface area contributed by atoms with Crippen LogP contribution in [0.2, 0.25) is 5.02 Å². The molecule has 1 heterocycles. The van der Waals surface area contributed by atoms with Gasteiger partial charge in [0.15, 0.2) is 11.5 Å². The molecular weight excluding hydrogens is 461 g/mol. The number of thioether (sulfide) groups is 1. The standard InChI is InChI=1S/C18H12BrClFNO4S/c1-26-14-6-9(5-11(19)16(14)23)7-15-17(24)22(18(25)27-15)8-10-12(20)3-2-4-13(10)21/h2-7,23H,8H2,1H3/b15-7-. The normalized spacial score (nSPS) is 15.7. The summed E-state index contributed by atoms with van der Waals surface area (Å²) in [6.45, 7) is -0.254. The zero-order valence-corrected chi connectivity index (χ0v) is 17.0. The second-order valence-corrected chi connectivity index (χ2v) is 7.78. The molecule has 5 nitrogen and oxygen atoms in total. The van der Waals surface area contributed by atoms with Gasteiger partial charge in [-0.25, -0.2) is 4.39 Å². The van der Waals surface area contributed by atoms with E-state index < -0.39 is 17.0 Å². The first kappa shape index (κ1) is 19.7. The number of hydrogen-bond acceptors (Lipinski definition) is 5. The third kappa shape index (κ3) is 3.97. The van der Waals surface area contributed by atoms with Gasteiger partial charge in [-0.05, 0) is 63.6 Å². The van der Waals surface area contributed by atoms with Gasteiger partial charge in [0.2, 0.25) is 0 Å². The Balaban J connectivity index is 1.90. The number of imide groups is 1. The van der Waals surface area contributed by atoms with Crippen LogP contribution in [0.3, 0.4) is 0 Å². The first-order chi connectivity index (χ1) is 12.8. The van der Waals surface area contributed by atoms with Crippen molar-refractivity contribution in [2.45, 2.75) is 6.54 Å². The molecule has 2 amide bonds. The lowest BCUT2D eigenvalue weighted by Crippen LogP contribution is -2.28. The van der Waals surface area contributed by atoms with E-state index in [0.717, 1.165) is 16.7 Å². The van der Waals surface area contributed by atoms with Gasteiger partial charge in [0.1, 0.15) is 5.82 Å². The number of benzene rings is 2. The predicted octanol–water partition coefficient (Wildman–Crippen LogP) is 5.19. The molecule has 0 aliphatic carbocycles. The fourth-order valence-electron chi connectivity index (χ4n) is 2.46. The quantitative estimate of drug-likeness (QED) is 0.620. The number of methoxy groups -OCH3 is 1. The first-order valence-corrected chi connectivity index (χ1v) is 9.55. The number of halogens is 3. The van der Waals surface area contributed by atoms with Gasteiger partial charge < -0.3 is 9.84 Å². The fourth-order valence-corrected chi connectivity index (χ4v) is 3.98. The van der Waals surface area contributed by atoms with Gasteiger partial charge in [0.05, 0.1) is 23.0 Å². The minimum absolute atomic E-state index is 0.0723. The summed E-state index contributed by atoms with van der Waals surface area (Å²) in [7, 11) is 1.40. The highest BCUT2D eigenvalue weighted by atomic mass is 79.9. The molecule has 0 radical (unpaired) electrons. The van der Waals surface area contributed by atoms with E-state index in [0.29, 0.717) is 10.0 Å². The minimum atomic E-state index is -0.585. The van der Waals surface area contributed by atoms with E-state index in [2.05, 4.69) is 15.9 Å². The number of phenols is 1. The van der Waals surface area contributed by atoms with Gasteiger partial charge in [-0.2, -0.15) is 0 Å². The predicted molar refractivity (Wildman–Crippen MR) is 105 cm³/mol. The topological polar surface area (TPSA) is 66.8 Å². The summed E-state index contributed by atoms with van der Waals surface area (Å²) in [4.78, 5) is 26.0. The molecule has 0 saturated carbocycles. The molecule has 0 atom stereocenters. The van der Waals surface area contributed by atoms with Gasteiger partial charge in [0.25, 0.3) is 11.1 Å². The number of aromatic hydroxyl groups is 1. The Morgan fingerprint density at radius 1 is 1.37 bits per heavy atom. The molecule has 0 spiro atoms. The maximum absolute atomic E-state index is 14.0. The van der Waals surface area contributed by atoms with Crippen LogP contribution >= 0.6 is 39.3 Å². The van der Waals surface area contributed by atoms with Crippen LogP contribution in [0.15, 0.2) is 39.7 Å². The average Bonchev–Trinajstić information content (AvgIpc) is 2.88. The van der Waals surface area contributed by atoms with Crippen molar-refractivity contribution in [1.82, 2.24) is 4.90 Å². The van der Waals surface area contributed by atoms with Crippen LogP contribution in [-0.2, 0) is 11.3 Å². The third-order valence-corrected chi connectivity index (χ3v) is 5.69. The molecule has 1 saturated heterocycles. The summed E-state index contributed by atoms with van der Waals surface area (Å²) in [6, 6.07) is 7.28. The van der Waals surface area contributed by atoms with Crippen molar-refractivity contribution >= 4 is 56.5 Å². The molecule has 0 aromatic heterocycles. The van der Waals surface area contributed by atoms with Gasteiger partial charge in [-0.15, -0.1) is 0 Å². The smallest absolute Gasteiger partial charge is 0.293 e. The maximum atomic E-state index is 14.0. The Bertz CT molecular complexity index is 962. The highest BCUT2D eigenvalue weighted by molar-refractivity contribution is 9.10. The molecule has 2 aromatic rings. The van der Waals surface area contributed by atoms with E-state index in [9.17, 15) is 19.1 Å². The lowest BCUT2D eigenvalue weighted by molar-refractivity contribution is -0.123. The molecule has 9 heteroatoms. The number of hydrogen-bond donors (Lipinski definition) is 1. The van der Waals surface area contributed by atoms with E-state index >= 15 is 0 Å². The van der Waals surface area contributed by atoms with E-state index in [-0.39, 0.29) is 33.5 Å². The number of amides is 2. The number of ether oxygens (including phenoxy) is 1. The van der Waals surface area contributed by atoms with Crippen LogP contribution in [0, 0.1) is 5.82 Å². The van der Waals surface area contributed by atoms with Crippen molar-refractivity contribution in [2.75, 3.05) is 7.11 Å². The minimum Gasteiger partial charge on any atom is -0.503 e. The monoisotopic (exact) mass is 471 g/mol. The lowest BCUT2D eigenvalue weighted by Gasteiger charge is -2.14. The second kappa shape index (κ2) is 7.92. The summed E-state index contributed by atoms with van der Waals surface area (Å²) < 4.78 is 19.4. The average molecular weight is 473 g/mol. The van der Waals surface area contributed by atoms with Crippen LogP contribution < -0.4 is 4.74 Å². The van der Waals surface area contributed by atoms with Crippen molar-refractivity contribution in [2.24, 2.45) is 0 Å². The summed E-state index contributed by atoms with van der Waals surface area (Å²) in [5.74, 6) is -0.991.